The molecule has 0 bridgehead atoms. The molecule has 82 heavy (non-hydrogen) atoms. The van der Waals surface area contributed by atoms with Crippen molar-refractivity contribution in [1.29, 1.82) is 0 Å². The summed E-state index contributed by atoms with van der Waals surface area (Å²) in [7, 11) is 0. The Kier molecular flexibility index (Phi) is 70.5. The van der Waals surface area contributed by atoms with Gasteiger partial charge < -0.3 is 14.2 Å². The number of rotatable bonds is 72. The zero-order valence-electron chi connectivity index (χ0n) is 56.3. The van der Waals surface area contributed by atoms with E-state index < -0.39 is 6.10 Å². The Morgan fingerprint density at radius 3 is 0.488 bits per heavy atom. The second-order valence-electron chi connectivity index (χ2n) is 26.3. The fourth-order valence-electron chi connectivity index (χ4n) is 12.2. The van der Waals surface area contributed by atoms with Gasteiger partial charge in [0.15, 0.2) is 6.10 Å². The highest BCUT2D eigenvalue weighted by molar-refractivity contribution is 5.71. The summed E-state index contributed by atoms with van der Waals surface area (Å²) >= 11 is 0. The molecule has 0 N–H and O–H groups in total. The molecule has 0 aromatic carbocycles. The number of hydrogen-bond acceptors (Lipinski definition) is 6. The van der Waals surface area contributed by atoms with Crippen LogP contribution in [0.5, 0.6) is 0 Å². The Labute approximate surface area is 514 Å². The van der Waals surface area contributed by atoms with E-state index in [1.807, 2.05) is 0 Å². The van der Waals surface area contributed by atoms with E-state index in [0.717, 1.165) is 57.8 Å². The first-order chi connectivity index (χ1) is 40.5. The molecular weight excluding hydrogens is 1010 g/mol. The van der Waals surface area contributed by atoms with Gasteiger partial charge in [0, 0.05) is 19.3 Å². The van der Waals surface area contributed by atoms with Gasteiger partial charge in [0.25, 0.3) is 0 Å². The summed E-state index contributed by atoms with van der Waals surface area (Å²) in [6.07, 6.45) is 86.2. The van der Waals surface area contributed by atoms with Crippen LogP contribution in [0.1, 0.15) is 451 Å². The second-order valence-corrected chi connectivity index (χ2v) is 26.3. The Hall–Kier alpha value is -1.59. The molecule has 0 aliphatic carbocycles. The monoisotopic (exact) mass is 1160 g/mol. The van der Waals surface area contributed by atoms with Crippen molar-refractivity contribution in [2.24, 2.45) is 0 Å². The van der Waals surface area contributed by atoms with Crippen LogP contribution in [0.4, 0.5) is 0 Å². The van der Waals surface area contributed by atoms with E-state index in [4.69, 9.17) is 14.2 Å². The van der Waals surface area contributed by atoms with E-state index >= 15 is 0 Å². The predicted molar refractivity (Wildman–Crippen MR) is 358 cm³/mol. The molecule has 0 heterocycles. The third-order valence-corrected chi connectivity index (χ3v) is 17.9. The Balaban J connectivity index is 3.97. The molecule has 1 atom stereocenters. The first-order valence-corrected chi connectivity index (χ1v) is 38.0. The molecule has 0 rings (SSSR count). The van der Waals surface area contributed by atoms with Crippen molar-refractivity contribution in [1.82, 2.24) is 0 Å². The molecule has 0 amide bonds. The van der Waals surface area contributed by atoms with Gasteiger partial charge in [0.1, 0.15) is 13.2 Å². The minimum absolute atomic E-state index is 0.0607. The average Bonchev–Trinajstić information content (AvgIpc) is 3.48. The van der Waals surface area contributed by atoms with Gasteiger partial charge in [0.2, 0.25) is 0 Å². The van der Waals surface area contributed by atoms with Crippen LogP contribution in [0.2, 0.25) is 0 Å². The molecule has 0 aromatic heterocycles. The summed E-state index contributed by atoms with van der Waals surface area (Å²) in [6.45, 7) is 6.72. The van der Waals surface area contributed by atoms with E-state index in [2.05, 4.69) is 20.8 Å². The predicted octanol–water partition coefficient (Wildman–Crippen LogP) is 26.2. The van der Waals surface area contributed by atoms with Gasteiger partial charge in [-0.1, -0.05) is 412 Å². The molecule has 0 saturated carbocycles. The van der Waals surface area contributed by atoms with Crippen molar-refractivity contribution in [3.63, 3.8) is 0 Å². The van der Waals surface area contributed by atoms with E-state index in [1.54, 1.807) is 0 Å². The summed E-state index contributed by atoms with van der Waals surface area (Å²) in [5.74, 6) is -0.825. The third-order valence-electron chi connectivity index (χ3n) is 17.9. The molecule has 0 saturated heterocycles. The highest BCUT2D eigenvalue weighted by Gasteiger charge is 2.20. The van der Waals surface area contributed by atoms with Crippen molar-refractivity contribution >= 4 is 17.9 Å². The summed E-state index contributed by atoms with van der Waals surface area (Å²) < 4.78 is 17.0. The topological polar surface area (TPSA) is 78.9 Å². The summed E-state index contributed by atoms with van der Waals surface area (Å²) in [4.78, 5) is 38.3. The zero-order valence-corrected chi connectivity index (χ0v) is 56.3. The van der Waals surface area contributed by atoms with E-state index in [0.29, 0.717) is 19.3 Å². The third kappa shape index (κ3) is 69.2. The fourth-order valence-corrected chi connectivity index (χ4v) is 12.2. The average molecular weight is 1160 g/mol. The van der Waals surface area contributed by atoms with Gasteiger partial charge in [0.05, 0.1) is 0 Å². The van der Waals surface area contributed by atoms with Gasteiger partial charge in [-0.25, -0.2) is 0 Å². The van der Waals surface area contributed by atoms with Gasteiger partial charge in [-0.2, -0.15) is 0 Å². The quantitative estimate of drug-likeness (QED) is 0.0343. The van der Waals surface area contributed by atoms with Crippen molar-refractivity contribution < 1.29 is 28.6 Å². The van der Waals surface area contributed by atoms with E-state index in [-0.39, 0.29) is 31.1 Å². The minimum Gasteiger partial charge on any atom is -0.462 e. The highest BCUT2D eigenvalue weighted by Crippen LogP contribution is 2.20. The van der Waals surface area contributed by atoms with Crippen LogP contribution in [0.25, 0.3) is 0 Å². The molecule has 0 aliphatic rings. The lowest BCUT2D eigenvalue weighted by molar-refractivity contribution is -0.167. The Morgan fingerprint density at radius 2 is 0.329 bits per heavy atom. The summed E-state index contributed by atoms with van der Waals surface area (Å²) in [5.41, 5.74) is 0. The molecule has 0 radical (unpaired) electrons. The van der Waals surface area contributed by atoms with Gasteiger partial charge >= 0.3 is 17.9 Å². The molecule has 488 valence electrons. The lowest BCUT2D eigenvalue weighted by Crippen LogP contribution is -2.30. The smallest absolute Gasteiger partial charge is 0.306 e. The molecule has 6 heteroatoms. The first-order valence-electron chi connectivity index (χ1n) is 38.0. The van der Waals surface area contributed by atoms with Crippen LogP contribution in [0.3, 0.4) is 0 Å². The fraction of sp³-hybridized carbons (Fsp3) is 0.961. The standard InChI is InChI=1S/C76H148O6/c1-4-7-10-13-16-19-21-23-25-27-29-31-32-33-34-35-36-37-38-39-40-41-42-43-45-46-48-50-52-54-57-60-63-66-69-75(78)81-72-73(71-80-74(77)68-65-62-59-56-18-15-12-9-6-3)82-76(79)70-67-64-61-58-55-53-51-49-47-44-30-28-26-24-22-20-17-14-11-8-5-2/h73H,4-72H2,1-3H3. The maximum Gasteiger partial charge on any atom is 0.306 e. The first kappa shape index (κ1) is 80.4. The van der Waals surface area contributed by atoms with Crippen molar-refractivity contribution in [2.75, 3.05) is 13.2 Å². The Bertz CT molecular complexity index is 1240. The lowest BCUT2D eigenvalue weighted by Gasteiger charge is -2.18. The molecule has 0 spiro atoms. The van der Waals surface area contributed by atoms with Crippen LogP contribution in [0.15, 0.2) is 0 Å². The normalized spacial score (nSPS) is 11.9. The van der Waals surface area contributed by atoms with Crippen LogP contribution < -0.4 is 0 Å². The van der Waals surface area contributed by atoms with Gasteiger partial charge in [-0.3, -0.25) is 14.4 Å². The molecule has 1 unspecified atom stereocenters. The molecule has 0 aromatic rings. The number of esters is 3. The molecular formula is C76H148O6. The van der Waals surface area contributed by atoms with Crippen LogP contribution in [-0.2, 0) is 28.6 Å². The van der Waals surface area contributed by atoms with Gasteiger partial charge in [-0.15, -0.1) is 0 Å². The second kappa shape index (κ2) is 71.9. The number of unbranched alkanes of at least 4 members (excludes halogenated alkanes) is 61. The zero-order chi connectivity index (χ0) is 59.2. The van der Waals surface area contributed by atoms with Crippen LogP contribution in [-0.4, -0.2) is 37.2 Å². The largest absolute Gasteiger partial charge is 0.462 e. The van der Waals surface area contributed by atoms with Gasteiger partial charge in [-0.05, 0) is 19.3 Å². The van der Waals surface area contributed by atoms with Crippen molar-refractivity contribution in [2.45, 2.75) is 457 Å². The van der Waals surface area contributed by atoms with E-state index in [9.17, 15) is 14.4 Å². The lowest BCUT2D eigenvalue weighted by atomic mass is 10.0. The maximum absolute atomic E-state index is 12.9. The van der Waals surface area contributed by atoms with Crippen molar-refractivity contribution in [3.05, 3.63) is 0 Å². The SMILES string of the molecule is CCCCCCCCCCCCCCCCCCCCCCCCCCCCCCCCCCCCC(=O)OCC(COC(=O)CCCCCCCCCCC)OC(=O)CCCCCCCCCCCCCCCCCCCCCCC. The number of carbonyl (C=O) groups excluding carboxylic acids is 3. The number of carbonyl (C=O) groups is 3. The molecule has 6 nitrogen and oxygen atoms in total. The maximum atomic E-state index is 12.9. The Morgan fingerprint density at radius 1 is 0.195 bits per heavy atom. The van der Waals surface area contributed by atoms with E-state index in [1.165, 1.54) is 353 Å². The molecule has 0 fully saturated rings. The minimum atomic E-state index is -0.763. The summed E-state index contributed by atoms with van der Waals surface area (Å²) in [6, 6.07) is 0. The number of hydrogen-bond donors (Lipinski definition) is 0. The van der Waals surface area contributed by atoms with Crippen molar-refractivity contribution in [3.8, 4) is 0 Å². The number of ether oxygens (including phenoxy) is 3. The highest BCUT2D eigenvalue weighted by atomic mass is 16.6. The molecule has 0 aliphatic heterocycles. The van der Waals surface area contributed by atoms with Crippen LogP contribution >= 0.6 is 0 Å². The summed E-state index contributed by atoms with van der Waals surface area (Å²) in [5, 5.41) is 0. The van der Waals surface area contributed by atoms with Crippen LogP contribution in [0, 0.1) is 0 Å².